The summed E-state index contributed by atoms with van der Waals surface area (Å²) in [6, 6.07) is 10.1. The molecule has 1 aliphatic rings. The lowest BCUT2D eigenvalue weighted by atomic mass is 9.81. The molecule has 0 unspecified atom stereocenters. The SMILES string of the molecule is CS(=O)(=O)NC(=O)[C@H]1CC[C@H](c2nc(-c3cc4ccccc4[nH]3)c3c(N)nccn32)CC1. The third-order valence-corrected chi connectivity index (χ3v) is 6.72. The Morgan fingerprint density at radius 1 is 1.22 bits per heavy atom. The number of para-hydroxylation sites is 1. The maximum Gasteiger partial charge on any atom is 0.236 e. The molecule has 0 aliphatic heterocycles. The fourth-order valence-electron chi connectivity index (χ4n) is 4.64. The Kier molecular flexibility index (Phi) is 4.89. The molecule has 0 bridgehead atoms. The largest absolute Gasteiger partial charge is 0.382 e. The Balaban J connectivity index is 1.48. The maximum atomic E-state index is 12.2. The van der Waals surface area contributed by atoms with Crippen LogP contribution in [0.15, 0.2) is 42.7 Å². The van der Waals surface area contributed by atoms with E-state index in [0.29, 0.717) is 18.7 Å². The molecule has 9 nitrogen and oxygen atoms in total. The minimum atomic E-state index is -3.55. The van der Waals surface area contributed by atoms with Gasteiger partial charge in [-0.3, -0.25) is 13.9 Å². The van der Waals surface area contributed by atoms with E-state index in [1.165, 1.54) is 0 Å². The number of nitrogen functional groups attached to an aromatic ring is 1. The number of nitrogens with two attached hydrogens (primary N) is 1. The minimum Gasteiger partial charge on any atom is -0.382 e. The van der Waals surface area contributed by atoms with E-state index in [2.05, 4.69) is 20.8 Å². The molecule has 4 N–H and O–H groups in total. The average Bonchev–Trinajstić information content (AvgIpc) is 3.35. The smallest absolute Gasteiger partial charge is 0.236 e. The zero-order valence-corrected chi connectivity index (χ0v) is 18.4. The number of hydrogen-bond acceptors (Lipinski definition) is 6. The van der Waals surface area contributed by atoms with E-state index in [1.807, 2.05) is 34.9 Å². The number of nitrogens with one attached hydrogen (secondary N) is 2. The van der Waals surface area contributed by atoms with Gasteiger partial charge >= 0.3 is 0 Å². The van der Waals surface area contributed by atoms with Gasteiger partial charge in [-0.1, -0.05) is 18.2 Å². The molecule has 1 fully saturated rings. The van der Waals surface area contributed by atoms with Crippen LogP contribution in [0, 0.1) is 5.92 Å². The number of fused-ring (bicyclic) bond motifs is 2. The normalized spacial score (nSPS) is 19.4. The second-order valence-corrected chi connectivity index (χ2v) is 10.2. The first-order chi connectivity index (χ1) is 15.3. The highest BCUT2D eigenvalue weighted by Crippen LogP contribution is 2.38. The van der Waals surface area contributed by atoms with Crippen LogP contribution in [0.1, 0.15) is 37.4 Å². The van der Waals surface area contributed by atoms with E-state index in [9.17, 15) is 13.2 Å². The number of sulfonamides is 1. The van der Waals surface area contributed by atoms with Crippen LogP contribution in [-0.4, -0.2) is 39.9 Å². The molecule has 1 aromatic carbocycles. The van der Waals surface area contributed by atoms with Crippen LogP contribution in [0.5, 0.6) is 0 Å². The molecule has 5 rings (SSSR count). The number of nitrogens with zero attached hydrogens (tertiary/aromatic N) is 3. The lowest BCUT2D eigenvalue weighted by Gasteiger charge is -2.26. The van der Waals surface area contributed by atoms with Gasteiger partial charge in [0, 0.05) is 35.1 Å². The molecule has 10 heteroatoms. The van der Waals surface area contributed by atoms with E-state index < -0.39 is 15.9 Å². The van der Waals surface area contributed by atoms with Crippen LogP contribution in [0.2, 0.25) is 0 Å². The van der Waals surface area contributed by atoms with E-state index >= 15 is 0 Å². The van der Waals surface area contributed by atoms with Gasteiger partial charge in [-0.05, 0) is 37.8 Å². The molecular weight excluding hydrogens is 428 g/mol. The molecule has 4 aromatic rings. The molecule has 0 atom stereocenters. The van der Waals surface area contributed by atoms with Gasteiger partial charge in [-0.2, -0.15) is 0 Å². The molecule has 0 radical (unpaired) electrons. The van der Waals surface area contributed by atoms with Gasteiger partial charge in [0.1, 0.15) is 22.9 Å². The lowest BCUT2D eigenvalue weighted by molar-refractivity contribution is -0.124. The summed E-state index contributed by atoms with van der Waals surface area (Å²) in [4.78, 5) is 24.9. The summed E-state index contributed by atoms with van der Waals surface area (Å²) in [6.07, 6.45) is 7.19. The number of benzene rings is 1. The van der Waals surface area contributed by atoms with Crippen molar-refractivity contribution >= 4 is 38.2 Å². The fourth-order valence-corrected chi connectivity index (χ4v) is 5.18. The van der Waals surface area contributed by atoms with Crippen LogP contribution in [-0.2, 0) is 14.8 Å². The van der Waals surface area contributed by atoms with Crippen molar-refractivity contribution in [2.45, 2.75) is 31.6 Å². The van der Waals surface area contributed by atoms with Gasteiger partial charge in [0.15, 0.2) is 0 Å². The lowest BCUT2D eigenvalue weighted by Crippen LogP contribution is -2.36. The van der Waals surface area contributed by atoms with Crippen LogP contribution < -0.4 is 10.5 Å². The summed E-state index contributed by atoms with van der Waals surface area (Å²) in [6.45, 7) is 0. The summed E-state index contributed by atoms with van der Waals surface area (Å²) < 4.78 is 26.9. The van der Waals surface area contributed by atoms with Crippen molar-refractivity contribution in [3.63, 3.8) is 0 Å². The van der Waals surface area contributed by atoms with Crippen LogP contribution >= 0.6 is 0 Å². The van der Waals surface area contributed by atoms with Crippen molar-refractivity contribution in [3.05, 3.63) is 48.5 Å². The minimum absolute atomic E-state index is 0.129. The van der Waals surface area contributed by atoms with Gasteiger partial charge in [0.2, 0.25) is 15.9 Å². The van der Waals surface area contributed by atoms with E-state index in [-0.39, 0.29) is 11.8 Å². The Morgan fingerprint density at radius 3 is 2.69 bits per heavy atom. The van der Waals surface area contributed by atoms with Crippen LogP contribution in [0.25, 0.3) is 27.8 Å². The monoisotopic (exact) mass is 452 g/mol. The molecule has 3 heterocycles. The summed E-state index contributed by atoms with van der Waals surface area (Å²) in [7, 11) is -3.55. The maximum absolute atomic E-state index is 12.2. The molecule has 0 spiro atoms. The molecule has 1 saturated carbocycles. The van der Waals surface area contributed by atoms with Gasteiger partial charge in [0.25, 0.3) is 0 Å². The Hall–Kier alpha value is -3.40. The van der Waals surface area contributed by atoms with Crippen molar-refractivity contribution in [2.75, 3.05) is 12.0 Å². The number of anilines is 1. The molecule has 0 saturated heterocycles. The number of H-pyrrole nitrogens is 1. The molecule has 1 aliphatic carbocycles. The zero-order valence-electron chi connectivity index (χ0n) is 17.6. The summed E-state index contributed by atoms with van der Waals surface area (Å²) in [5, 5.41) is 1.09. The summed E-state index contributed by atoms with van der Waals surface area (Å²) >= 11 is 0. The standard InChI is InChI=1S/C22H24N6O3S/c1-32(30,31)27-22(29)14-8-6-13(7-9-14)21-26-18(19-20(23)24-10-11-28(19)21)17-12-15-4-2-3-5-16(15)25-17/h2-5,10-14,25H,6-9H2,1H3,(H2,23,24)(H,27,29)/t13-,14-. The molecular formula is C22H24N6O3S. The molecule has 32 heavy (non-hydrogen) atoms. The number of aromatic nitrogens is 4. The van der Waals surface area contributed by atoms with Gasteiger partial charge < -0.3 is 10.7 Å². The first kappa shape index (κ1) is 20.5. The van der Waals surface area contributed by atoms with Crippen LogP contribution in [0.3, 0.4) is 0 Å². The predicted molar refractivity (Wildman–Crippen MR) is 122 cm³/mol. The third-order valence-electron chi connectivity index (χ3n) is 6.14. The topological polar surface area (TPSA) is 135 Å². The number of hydrogen-bond donors (Lipinski definition) is 3. The van der Waals surface area contributed by atoms with Crippen molar-refractivity contribution in [1.82, 2.24) is 24.1 Å². The molecule has 1 amide bonds. The highest BCUT2D eigenvalue weighted by molar-refractivity contribution is 7.89. The second kappa shape index (κ2) is 7.63. The van der Waals surface area contributed by atoms with E-state index in [4.69, 9.17) is 10.7 Å². The zero-order chi connectivity index (χ0) is 22.5. The molecule has 3 aromatic heterocycles. The molecule has 166 valence electrons. The number of aromatic amines is 1. The van der Waals surface area contributed by atoms with E-state index in [1.54, 1.807) is 6.20 Å². The number of carbonyl (C=O) groups is 1. The number of rotatable bonds is 4. The number of imidazole rings is 1. The summed E-state index contributed by atoms with van der Waals surface area (Å²) in [5.41, 5.74) is 9.65. The van der Waals surface area contributed by atoms with Crippen molar-refractivity contribution < 1.29 is 13.2 Å². The first-order valence-corrected chi connectivity index (χ1v) is 12.4. The van der Waals surface area contributed by atoms with Crippen LogP contribution in [0.4, 0.5) is 5.82 Å². The highest BCUT2D eigenvalue weighted by atomic mass is 32.2. The Bertz CT molecular complexity index is 1400. The van der Waals surface area contributed by atoms with Crippen molar-refractivity contribution in [2.24, 2.45) is 5.92 Å². The second-order valence-electron chi connectivity index (χ2n) is 8.41. The fraction of sp³-hybridized carbons (Fsp3) is 0.318. The number of carbonyl (C=O) groups excluding carboxylic acids is 1. The first-order valence-electron chi connectivity index (χ1n) is 10.5. The highest BCUT2D eigenvalue weighted by Gasteiger charge is 2.31. The third kappa shape index (κ3) is 3.70. The quantitative estimate of drug-likeness (QED) is 0.436. The van der Waals surface area contributed by atoms with Crippen molar-refractivity contribution in [1.29, 1.82) is 0 Å². The Morgan fingerprint density at radius 2 is 1.97 bits per heavy atom. The Labute approximate surface area is 185 Å². The van der Waals surface area contributed by atoms with Gasteiger partial charge in [0.05, 0.1) is 11.9 Å². The van der Waals surface area contributed by atoms with Gasteiger partial charge in [-0.25, -0.2) is 18.4 Å². The predicted octanol–water partition coefficient (Wildman–Crippen LogP) is 2.81. The van der Waals surface area contributed by atoms with Gasteiger partial charge in [-0.15, -0.1) is 0 Å². The van der Waals surface area contributed by atoms with Crippen molar-refractivity contribution in [3.8, 4) is 11.4 Å². The summed E-state index contributed by atoms with van der Waals surface area (Å²) in [5.74, 6) is 0.675. The average molecular weight is 453 g/mol. The number of amides is 1. The van der Waals surface area contributed by atoms with E-state index in [0.717, 1.165) is 52.7 Å².